The normalized spacial score (nSPS) is 9.67. The first-order valence-corrected chi connectivity index (χ1v) is 4.72. The third-order valence-corrected chi connectivity index (χ3v) is 2.65. The van der Waals surface area contributed by atoms with E-state index >= 15 is 0 Å². The fourth-order valence-corrected chi connectivity index (χ4v) is 2.01. The van der Waals surface area contributed by atoms with E-state index in [2.05, 4.69) is 22.6 Å². The Hall–Kier alpha value is -0.160. The SMILES string of the molecule is COc1ccc(I)c(OC)c1Cl. The molecule has 0 bridgehead atoms. The van der Waals surface area contributed by atoms with Crippen LogP contribution in [0.4, 0.5) is 0 Å². The van der Waals surface area contributed by atoms with Crippen LogP contribution in [-0.2, 0) is 0 Å². The maximum Gasteiger partial charge on any atom is 0.154 e. The Labute approximate surface area is 90.0 Å². The van der Waals surface area contributed by atoms with Gasteiger partial charge in [-0.3, -0.25) is 0 Å². The maximum atomic E-state index is 5.96. The van der Waals surface area contributed by atoms with Crippen molar-refractivity contribution in [2.24, 2.45) is 0 Å². The average molecular weight is 299 g/mol. The number of halogens is 2. The van der Waals surface area contributed by atoms with Gasteiger partial charge in [-0.25, -0.2) is 0 Å². The van der Waals surface area contributed by atoms with Gasteiger partial charge in [0, 0.05) is 0 Å². The van der Waals surface area contributed by atoms with Gasteiger partial charge in [0.15, 0.2) is 5.75 Å². The van der Waals surface area contributed by atoms with E-state index in [4.69, 9.17) is 21.1 Å². The topological polar surface area (TPSA) is 18.5 Å². The molecule has 0 atom stereocenters. The quantitative estimate of drug-likeness (QED) is 0.782. The molecule has 0 N–H and O–H groups in total. The predicted molar refractivity (Wildman–Crippen MR) is 57.3 cm³/mol. The van der Waals surface area contributed by atoms with Crippen LogP contribution in [0.2, 0.25) is 5.02 Å². The first kappa shape index (κ1) is 9.92. The largest absolute Gasteiger partial charge is 0.495 e. The van der Waals surface area contributed by atoms with Gasteiger partial charge in [-0.1, -0.05) is 11.6 Å². The molecule has 0 aliphatic carbocycles. The second-order valence-corrected chi connectivity index (χ2v) is 3.64. The zero-order valence-corrected chi connectivity index (χ0v) is 9.64. The summed E-state index contributed by atoms with van der Waals surface area (Å²) < 4.78 is 11.1. The highest BCUT2D eigenvalue weighted by atomic mass is 127. The van der Waals surface area contributed by atoms with E-state index in [1.165, 1.54) is 0 Å². The van der Waals surface area contributed by atoms with Crippen LogP contribution in [0.15, 0.2) is 12.1 Å². The van der Waals surface area contributed by atoms with Crippen molar-refractivity contribution >= 4 is 34.2 Å². The molecule has 0 saturated heterocycles. The first-order chi connectivity index (χ1) is 5.70. The summed E-state index contributed by atoms with van der Waals surface area (Å²) in [5.41, 5.74) is 0. The molecule has 0 radical (unpaired) electrons. The second-order valence-electron chi connectivity index (χ2n) is 2.10. The van der Waals surface area contributed by atoms with Crippen molar-refractivity contribution in [1.82, 2.24) is 0 Å². The Kier molecular flexibility index (Phi) is 3.46. The van der Waals surface area contributed by atoms with Gasteiger partial charge in [-0.2, -0.15) is 0 Å². The fraction of sp³-hybridized carbons (Fsp3) is 0.250. The summed E-state index contributed by atoms with van der Waals surface area (Å²) in [6.45, 7) is 0. The molecule has 1 aromatic rings. The number of hydrogen-bond donors (Lipinski definition) is 0. The Balaban J connectivity index is 3.24. The number of hydrogen-bond acceptors (Lipinski definition) is 2. The van der Waals surface area contributed by atoms with Gasteiger partial charge < -0.3 is 9.47 Å². The van der Waals surface area contributed by atoms with E-state index in [-0.39, 0.29) is 0 Å². The minimum absolute atomic E-state index is 0.520. The Morgan fingerprint density at radius 1 is 1.25 bits per heavy atom. The van der Waals surface area contributed by atoms with Crippen molar-refractivity contribution in [2.75, 3.05) is 14.2 Å². The lowest BCUT2D eigenvalue weighted by atomic mass is 10.3. The zero-order chi connectivity index (χ0) is 9.14. The molecule has 1 rings (SSSR count). The highest BCUT2D eigenvalue weighted by Crippen LogP contribution is 2.37. The number of rotatable bonds is 2. The molecule has 1 aromatic carbocycles. The van der Waals surface area contributed by atoms with Gasteiger partial charge in [-0.05, 0) is 34.7 Å². The highest BCUT2D eigenvalue weighted by molar-refractivity contribution is 14.1. The zero-order valence-electron chi connectivity index (χ0n) is 6.73. The molecule has 66 valence electrons. The lowest BCUT2D eigenvalue weighted by molar-refractivity contribution is 0.393. The van der Waals surface area contributed by atoms with Crippen LogP contribution in [0.25, 0.3) is 0 Å². The minimum Gasteiger partial charge on any atom is -0.495 e. The summed E-state index contributed by atoms with van der Waals surface area (Å²) in [7, 11) is 3.16. The van der Waals surface area contributed by atoms with Crippen molar-refractivity contribution in [3.05, 3.63) is 20.7 Å². The van der Waals surface area contributed by atoms with Crippen LogP contribution in [0.3, 0.4) is 0 Å². The van der Waals surface area contributed by atoms with E-state index in [0.29, 0.717) is 16.5 Å². The molecule has 4 heteroatoms. The molecule has 0 spiro atoms. The third-order valence-electron chi connectivity index (χ3n) is 1.44. The molecule has 0 aromatic heterocycles. The molecule has 2 nitrogen and oxygen atoms in total. The Bertz CT molecular complexity index is 289. The summed E-state index contributed by atoms with van der Waals surface area (Å²) >= 11 is 8.11. The standard InChI is InChI=1S/C8H8ClIO2/c1-11-6-4-3-5(10)8(12-2)7(6)9/h3-4H,1-2H3. The van der Waals surface area contributed by atoms with Crippen LogP contribution >= 0.6 is 34.2 Å². The van der Waals surface area contributed by atoms with Gasteiger partial charge >= 0.3 is 0 Å². The molecule has 0 aliphatic rings. The molecule has 0 heterocycles. The highest BCUT2D eigenvalue weighted by Gasteiger charge is 2.10. The second kappa shape index (κ2) is 4.18. The van der Waals surface area contributed by atoms with Crippen molar-refractivity contribution in [3.63, 3.8) is 0 Å². The number of ether oxygens (including phenoxy) is 2. The molecule has 0 amide bonds. The average Bonchev–Trinajstić information content (AvgIpc) is 2.06. The van der Waals surface area contributed by atoms with Crippen molar-refractivity contribution < 1.29 is 9.47 Å². The molecule has 0 saturated carbocycles. The first-order valence-electron chi connectivity index (χ1n) is 3.26. The van der Waals surface area contributed by atoms with Gasteiger partial charge in [0.05, 0.1) is 17.8 Å². The molecular formula is C8H8ClIO2. The van der Waals surface area contributed by atoms with Gasteiger partial charge in [0.25, 0.3) is 0 Å². The van der Waals surface area contributed by atoms with Crippen molar-refractivity contribution in [3.8, 4) is 11.5 Å². The number of benzene rings is 1. The van der Waals surface area contributed by atoms with Crippen LogP contribution < -0.4 is 9.47 Å². The van der Waals surface area contributed by atoms with Gasteiger partial charge in [-0.15, -0.1) is 0 Å². The Morgan fingerprint density at radius 3 is 2.42 bits per heavy atom. The Morgan fingerprint density at radius 2 is 1.92 bits per heavy atom. The number of methoxy groups -OCH3 is 2. The minimum atomic E-state index is 0.520. The molecule has 0 aliphatic heterocycles. The van der Waals surface area contributed by atoms with E-state index in [9.17, 15) is 0 Å². The van der Waals surface area contributed by atoms with E-state index in [0.717, 1.165) is 3.57 Å². The predicted octanol–water partition coefficient (Wildman–Crippen LogP) is 2.96. The third kappa shape index (κ3) is 1.77. The van der Waals surface area contributed by atoms with Crippen LogP contribution in [0.5, 0.6) is 11.5 Å². The fourth-order valence-electron chi connectivity index (χ4n) is 0.859. The smallest absolute Gasteiger partial charge is 0.154 e. The lowest BCUT2D eigenvalue weighted by Gasteiger charge is -2.08. The molecular weight excluding hydrogens is 290 g/mol. The maximum absolute atomic E-state index is 5.96. The monoisotopic (exact) mass is 298 g/mol. The van der Waals surface area contributed by atoms with Crippen LogP contribution in [0.1, 0.15) is 0 Å². The van der Waals surface area contributed by atoms with Gasteiger partial charge in [0.1, 0.15) is 10.8 Å². The van der Waals surface area contributed by atoms with E-state index in [1.54, 1.807) is 14.2 Å². The summed E-state index contributed by atoms with van der Waals surface area (Å²) in [5.74, 6) is 1.30. The summed E-state index contributed by atoms with van der Waals surface area (Å²) in [6, 6.07) is 3.71. The van der Waals surface area contributed by atoms with Gasteiger partial charge in [0.2, 0.25) is 0 Å². The summed E-state index contributed by atoms with van der Waals surface area (Å²) in [4.78, 5) is 0. The lowest BCUT2D eigenvalue weighted by Crippen LogP contribution is -1.91. The molecule has 0 fully saturated rings. The summed E-state index contributed by atoms with van der Waals surface area (Å²) in [6.07, 6.45) is 0. The van der Waals surface area contributed by atoms with E-state index < -0.39 is 0 Å². The van der Waals surface area contributed by atoms with Crippen molar-refractivity contribution in [2.45, 2.75) is 0 Å². The summed E-state index contributed by atoms with van der Waals surface area (Å²) in [5, 5.41) is 0.520. The molecule has 0 unspecified atom stereocenters. The van der Waals surface area contributed by atoms with Crippen LogP contribution in [-0.4, -0.2) is 14.2 Å². The van der Waals surface area contributed by atoms with Crippen LogP contribution in [0, 0.1) is 3.57 Å². The van der Waals surface area contributed by atoms with Crippen molar-refractivity contribution in [1.29, 1.82) is 0 Å². The molecule has 12 heavy (non-hydrogen) atoms. The van der Waals surface area contributed by atoms with E-state index in [1.807, 2.05) is 12.1 Å².